The summed E-state index contributed by atoms with van der Waals surface area (Å²) < 4.78 is 17.2. The van der Waals surface area contributed by atoms with Crippen molar-refractivity contribution in [2.75, 3.05) is 13.7 Å². The van der Waals surface area contributed by atoms with Crippen molar-refractivity contribution >= 4 is 43.5 Å². The second kappa shape index (κ2) is 9.18. The van der Waals surface area contributed by atoms with E-state index in [1.807, 2.05) is 20.8 Å². The molecule has 1 N–H and O–H groups in total. The molecule has 0 bridgehead atoms. The summed E-state index contributed by atoms with van der Waals surface area (Å²) in [5.74, 6) is 0.694. The van der Waals surface area contributed by atoms with Crippen molar-refractivity contribution in [3.63, 3.8) is 0 Å². The average molecular weight is 495 g/mol. The Balaban J connectivity index is 1.86. The van der Waals surface area contributed by atoms with Crippen LogP contribution in [-0.4, -0.2) is 29.7 Å². The van der Waals surface area contributed by atoms with Crippen molar-refractivity contribution in [3.05, 3.63) is 48.8 Å². The number of nitrogens with zero attached hydrogens (tertiary/aromatic N) is 1. The summed E-state index contributed by atoms with van der Waals surface area (Å²) in [6.45, 7) is 8.04. The van der Waals surface area contributed by atoms with Crippen LogP contribution in [0.4, 0.5) is 0 Å². The van der Waals surface area contributed by atoms with E-state index >= 15 is 0 Å². The molecule has 0 spiro atoms. The molecule has 3 aromatic rings. The number of nitrogens with one attached hydrogen (secondary N) is 1. The number of thiophene rings is 1. The molecule has 2 heterocycles. The first-order valence-corrected chi connectivity index (χ1v) is 11.1. The Labute approximate surface area is 186 Å². The molecule has 3 rings (SSSR count). The first kappa shape index (κ1) is 22.3. The van der Waals surface area contributed by atoms with Crippen molar-refractivity contribution in [1.82, 2.24) is 9.97 Å². The zero-order valence-corrected chi connectivity index (χ0v) is 19.8. The number of esters is 1. The highest BCUT2D eigenvalue weighted by Crippen LogP contribution is 2.37. The largest absolute Gasteiger partial charge is 0.493 e. The Kier molecular flexibility index (Phi) is 6.82. The van der Waals surface area contributed by atoms with E-state index in [1.165, 1.54) is 18.4 Å². The third-order valence-electron chi connectivity index (χ3n) is 4.64. The van der Waals surface area contributed by atoms with Crippen molar-refractivity contribution in [2.24, 2.45) is 0 Å². The van der Waals surface area contributed by atoms with Crippen molar-refractivity contribution in [2.45, 2.75) is 40.2 Å². The lowest BCUT2D eigenvalue weighted by Crippen LogP contribution is -2.17. The van der Waals surface area contributed by atoms with Gasteiger partial charge in [0.2, 0.25) is 0 Å². The van der Waals surface area contributed by atoms with Crippen LogP contribution >= 0.6 is 27.3 Å². The van der Waals surface area contributed by atoms with Gasteiger partial charge in [-0.1, -0.05) is 6.92 Å². The molecule has 9 heteroatoms. The summed E-state index contributed by atoms with van der Waals surface area (Å²) in [7, 11) is 1.51. The number of methoxy groups -OCH3 is 1. The summed E-state index contributed by atoms with van der Waals surface area (Å²) in [5.41, 5.74) is 0.976. The fraction of sp³-hybridized carbons (Fsp3) is 0.381. The number of carbonyl (C=O) groups excluding carboxylic acids is 1. The Bertz CT molecular complexity index is 1150. The van der Waals surface area contributed by atoms with E-state index in [0.717, 1.165) is 16.9 Å². The number of aryl methyl sites for hydroxylation is 2. The van der Waals surface area contributed by atoms with Crippen molar-refractivity contribution in [3.8, 4) is 11.5 Å². The fourth-order valence-electron chi connectivity index (χ4n) is 2.93. The summed E-state index contributed by atoms with van der Waals surface area (Å²) in [4.78, 5) is 34.1. The average Bonchev–Trinajstić information content (AvgIpc) is 3.00. The number of ether oxygens (including phenoxy) is 3. The highest BCUT2D eigenvalue weighted by atomic mass is 79.9. The molecular formula is C21H23BrN2O5S. The quantitative estimate of drug-likeness (QED) is 0.460. The molecule has 30 heavy (non-hydrogen) atoms. The fourth-order valence-corrected chi connectivity index (χ4v) is 4.52. The minimum atomic E-state index is -0.738. The van der Waals surface area contributed by atoms with Gasteiger partial charge >= 0.3 is 5.97 Å². The third kappa shape index (κ3) is 4.37. The predicted octanol–water partition coefficient (Wildman–Crippen LogP) is 5.08. The number of halogens is 1. The summed E-state index contributed by atoms with van der Waals surface area (Å²) >= 11 is 4.87. The van der Waals surface area contributed by atoms with Gasteiger partial charge in [-0.2, -0.15) is 0 Å². The van der Waals surface area contributed by atoms with Crippen molar-refractivity contribution in [1.29, 1.82) is 0 Å². The topological polar surface area (TPSA) is 90.5 Å². The lowest BCUT2D eigenvalue weighted by Gasteiger charge is -2.15. The van der Waals surface area contributed by atoms with Crippen LogP contribution in [-0.2, 0) is 4.74 Å². The second-order valence-electron chi connectivity index (χ2n) is 6.80. The summed E-state index contributed by atoms with van der Waals surface area (Å²) in [6, 6.07) is 3.18. The minimum absolute atomic E-state index is 0.235. The van der Waals surface area contributed by atoms with E-state index < -0.39 is 12.1 Å². The minimum Gasteiger partial charge on any atom is -0.493 e. The Morgan fingerprint density at radius 1 is 1.33 bits per heavy atom. The van der Waals surface area contributed by atoms with E-state index in [-0.39, 0.29) is 5.56 Å². The molecule has 0 saturated heterocycles. The van der Waals surface area contributed by atoms with E-state index in [0.29, 0.717) is 44.2 Å². The highest BCUT2D eigenvalue weighted by molar-refractivity contribution is 9.10. The maximum Gasteiger partial charge on any atom is 0.339 e. The lowest BCUT2D eigenvalue weighted by molar-refractivity contribution is 0.0319. The molecule has 160 valence electrons. The number of rotatable bonds is 7. The number of aromatic amines is 1. The van der Waals surface area contributed by atoms with Crippen LogP contribution < -0.4 is 15.0 Å². The van der Waals surface area contributed by atoms with Crippen LogP contribution in [0.5, 0.6) is 11.5 Å². The van der Waals surface area contributed by atoms with Crippen LogP contribution in [0.15, 0.2) is 21.4 Å². The molecule has 7 nitrogen and oxygen atoms in total. The number of hydrogen-bond donors (Lipinski definition) is 1. The van der Waals surface area contributed by atoms with E-state index in [2.05, 4.69) is 25.9 Å². The monoisotopic (exact) mass is 494 g/mol. The third-order valence-corrected chi connectivity index (χ3v) is 6.33. The zero-order valence-electron chi connectivity index (χ0n) is 17.4. The first-order valence-electron chi connectivity index (χ1n) is 9.48. The normalized spacial score (nSPS) is 12.1. The van der Waals surface area contributed by atoms with Gasteiger partial charge in [0, 0.05) is 4.88 Å². The maximum absolute atomic E-state index is 12.7. The van der Waals surface area contributed by atoms with E-state index in [1.54, 1.807) is 19.1 Å². The van der Waals surface area contributed by atoms with Crippen LogP contribution in [0, 0.1) is 13.8 Å². The highest BCUT2D eigenvalue weighted by Gasteiger charge is 2.21. The summed E-state index contributed by atoms with van der Waals surface area (Å²) in [5, 5.41) is 0.580. The molecule has 1 aromatic carbocycles. The molecule has 0 amide bonds. The molecule has 1 atom stereocenters. The van der Waals surface area contributed by atoms with Crippen LogP contribution in [0.25, 0.3) is 10.2 Å². The Morgan fingerprint density at radius 2 is 2.07 bits per heavy atom. The van der Waals surface area contributed by atoms with Gasteiger partial charge in [0.15, 0.2) is 23.4 Å². The molecule has 0 radical (unpaired) electrons. The number of aromatic nitrogens is 2. The number of carbonyl (C=O) groups is 1. The first-order chi connectivity index (χ1) is 14.3. The molecule has 1 unspecified atom stereocenters. The summed E-state index contributed by atoms with van der Waals surface area (Å²) in [6.07, 6.45) is 0.105. The lowest BCUT2D eigenvalue weighted by atomic mass is 10.2. The molecular weight excluding hydrogens is 472 g/mol. The SMILES string of the molecule is CCCOc1c(Br)cc(C(=O)OC(C)c2nc3sc(C)c(C)c3c(=O)[nH]2)cc1OC. The van der Waals surface area contributed by atoms with Gasteiger partial charge in [-0.05, 0) is 60.8 Å². The van der Waals surface area contributed by atoms with Gasteiger partial charge in [-0.25, -0.2) is 9.78 Å². The number of fused-ring (bicyclic) bond motifs is 1. The standard InChI is InChI=1S/C21H23BrN2O5S/c1-6-7-28-17-14(22)8-13(9-15(17)27-5)21(26)29-11(3)18-23-19(25)16-10(2)12(4)30-20(16)24-18/h8-9,11H,6-7H2,1-5H3,(H,23,24,25). The number of benzene rings is 1. The van der Waals surface area contributed by atoms with Crippen molar-refractivity contribution < 1.29 is 19.0 Å². The smallest absolute Gasteiger partial charge is 0.339 e. The molecule has 0 aliphatic carbocycles. The van der Waals surface area contributed by atoms with Gasteiger partial charge in [0.1, 0.15) is 4.83 Å². The van der Waals surface area contributed by atoms with Crippen LogP contribution in [0.1, 0.15) is 53.0 Å². The number of hydrogen-bond acceptors (Lipinski definition) is 7. The molecule has 0 aliphatic heterocycles. The number of H-pyrrole nitrogens is 1. The molecule has 0 fully saturated rings. The second-order valence-corrected chi connectivity index (χ2v) is 8.86. The van der Waals surface area contributed by atoms with Gasteiger partial charge in [-0.15, -0.1) is 11.3 Å². The Hall–Kier alpha value is -2.39. The van der Waals surface area contributed by atoms with E-state index in [4.69, 9.17) is 14.2 Å². The zero-order chi connectivity index (χ0) is 22.0. The predicted molar refractivity (Wildman–Crippen MR) is 120 cm³/mol. The maximum atomic E-state index is 12.7. The van der Waals surface area contributed by atoms with Crippen LogP contribution in [0.3, 0.4) is 0 Å². The molecule has 2 aromatic heterocycles. The van der Waals surface area contributed by atoms with Gasteiger partial charge < -0.3 is 19.2 Å². The van der Waals surface area contributed by atoms with Gasteiger partial charge in [0.25, 0.3) is 5.56 Å². The Morgan fingerprint density at radius 3 is 2.73 bits per heavy atom. The van der Waals surface area contributed by atoms with Gasteiger partial charge in [0.05, 0.1) is 29.1 Å². The van der Waals surface area contributed by atoms with Crippen LogP contribution in [0.2, 0.25) is 0 Å². The molecule has 0 aliphatic rings. The molecule has 0 saturated carbocycles. The van der Waals surface area contributed by atoms with Gasteiger partial charge in [-0.3, -0.25) is 4.79 Å². The van der Waals surface area contributed by atoms with E-state index in [9.17, 15) is 9.59 Å².